The second-order valence-corrected chi connectivity index (χ2v) is 6.05. The summed E-state index contributed by atoms with van der Waals surface area (Å²) in [6.07, 6.45) is 0.784. The first kappa shape index (κ1) is 18.0. The monoisotopic (exact) mass is 306 g/mol. The number of nitrogens with one attached hydrogen (secondary N) is 1. The Labute approximate surface area is 132 Å². The molecule has 0 fully saturated rings. The number of aliphatic carboxylic acids is 1. The third-order valence-electron chi connectivity index (χ3n) is 3.58. The van der Waals surface area contributed by atoms with E-state index >= 15 is 0 Å². The van der Waals surface area contributed by atoms with E-state index in [2.05, 4.69) is 19.2 Å². The molecule has 2 amide bonds. The number of carbonyl (C=O) groups is 2. The van der Waals surface area contributed by atoms with Crippen LogP contribution >= 0.6 is 0 Å². The summed E-state index contributed by atoms with van der Waals surface area (Å²) in [5.41, 5.74) is 2.25. The predicted octanol–water partition coefficient (Wildman–Crippen LogP) is 3.20. The van der Waals surface area contributed by atoms with Crippen LogP contribution in [0.1, 0.15) is 43.9 Å². The molecule has 1 aromatic rings. The summed E-state index contributed by atoms with van der Waals surface area (Å²) in [4.78, 5) is 24.3. The Morgan fingerprint density at radius 3 is 2.45 bits per heavy atom. The summed E-state index contributed by atoms with van der Waals surface area (Å²) < 4.78 is 0. The Balaban J connectivity index is 2.79. The minimum absolute atomic E-state index is 0.0524. The number of hydrogen-bond acceptors (Lipinski definition) is 2. The van der Waals surface area contributed by atoms with E-state index in [1.165, 1.54) is 4.90 Å². The van der Waals surface area contributed by atoms with E-state index in [1.807, 2.05) is 31.2 Å². The van der Waals surface area contributed by atoms with Crippen LogP contribution in [-0.4, -0.2) is 35.6 Å². The molecule has 1 rings (SSSR count). The fourth-order valence-corrected chi connectivity index (χ4v) is 2.34. The summed E-state index contributed by atoms with van der Waals surface area (Å²) in [7, 11) is 1.61. The van der Waals surface area contributed by atoms with Crippen LogP contribution in [0.5, 0.6) is 0 Å². The average molecular weight is 306 g/mol. The molecule has 0 aromatic heterocycles. The number of urea groups is 1. The van der Waals surface area contributed by atoms with Gasteiger partial charge in [-0.15, -0.1) is 0 Å². The molecule has 0 aliphatic carbocycles. The molecule has 0 spiro atoms. The first-order chi connectivity index (χ1) is 10.3. The van der Waals surface area contributed by atoms with Crippen LogP contribution in [-0.2, 0) is 4.79 Å². The number of aryl methyl sites for hydroxylation is 1. The van der Waals surface area contributed by atoms with Crippen molar-refractivity contribution in [2.75, 3.05) is 13.6 Å². The number of hydrogen-bond donors (Lipinski definition) is 2. The zero-order valence-electron chi connectivity index (χ0n) is 13.8. The molecule has 0 bridgehead atoms. The number of nitrogens with zero attached hydrogens (tertiary/aromatic N) is 1. The minimum atomic E-state index is -0.905. The molecule has 0 aliphatic rings. The third-order valence-corrected chi connectivity index (χ3v) is 3.58. The molecular formula is C17H26N2O3. The van der Waals surface area contributed by atoms with Crippen LogP contribution in [0.15, 0.2) is 24.3 Å². The Bertz CT molecular complexity index is 514. The van der Waals surface area contributed by atoms with E-state index in [0.29, 0.717) is 5.92 Å². The topological polar surface area (TPSA) is 69.6 Å². The SMILES string of the molecule is Cc1ccccc1C(CC(C)C)NC(=O)N(C)CCC(=O)O. The van der Waals surface area contributed by atoms with E-state index < -0.39 is 5.97 Å². The number of rotatable bonds is 7. The molecule has 5 nitrogen and oxygen atoms in total. The van der Waals surface area contributed by atoms with Gasteiger partial charge in [-0.25, -0.2) is 4.79 Å². The Morgan fingerprint density at radius 1 is 1.27 bits per heavy atom. The molecule has 122 valence electrons. The van der Waals surface area contributed by atoms with Crippen molar-refractivity contribution in [3.8, 4) is 0 Å². The maximum atomic E-state index is 12.3. The van der Waals surface area contributed by atoms with Gasteiger partial charge in [0.15, 0.2) is 0 Å². The molecular weight excluding hydrogens is 280 g/mol. The third kappa shape index (κ3) is 5.76. The fourth-order valence-electron chi connectivity index (χ4n) is 2.34. The number of carbonyl (C=O) groups excluding carboxylic acids is 1. The zero-order valence-corrected chi connectivity index (χ0v) is 13.8. The van der Waals surface area contributed by atoms with Gasteiger partial charge in [-0.3, -0.25) is 4.79 Å². The molecule has 1 unspecified atom stereocenters. The molecule has 0 aliphatic heterocycles. The first-order valence-corrected chi connectivity index (χ1v) is 7.60. The van der Waals surface area contributed by atoms with Crippen LogP contribution in [0.3, 0.4) is 0 Å². The van der Waals surface area contributed by atoms with Gasteiger partial charge in [-0.1, -0.05) is 38.1 Å². The second kappa shape index (κ2) is 8.41. The summed E-state index contributed by atoms with van der Waals surface area (Å²) >= 11 is 0. The van der Waals surface area contributed by atoms with Gasteiger partial charge in [0.1, 0.15) is 0 Å². The highest BCUT2D eigenvalue weighted by molar-refractivity contribution is 5.75. The number of carboxylic acids is 1. The Kier molecular flexibility index (Phi) is 6.89. The largest absolute Gasteiger partial charge is 0.481 e. The Hall–Kier alpha value is -2.04. The number of carboxylic acid groups (broad SMARTS) is 1. The molecule has 1 aromatic carbocycles. The van der Waals surface area contributed by atoms with Gasteiger partial charge in [0.05, 0.1) is 12.5 Å². The molecule has 0 radical (unpaired) electrons. The summed E-state index contributed by atoms with van der Waals surface area (Å²) in [6.45, 7) is 6.46. The highest BCUT2D eigenvalue weighted by Crippen LogP contribution is 2.24. The van der Waals surface area contributed by atoms with Gasteiger partial charge in [0.25, 0.3) is 0 Å². The molecule has 5 heteroatoms. The van der Waals surface area contributed by atoms with Gasteiger partial charge in [0, 0.05) is 13.6 Å². The lowest BCUT2D eigenvalue weighted by Gasteiger charge is -2.26. The lowest BCUT2D eigenvalue weighted by atomic mass is 9.94. The van der Waals surface area contributed by atoms with Gasteiger partial charge in [-0.05, 0) is 30.4 Å². The van der Waals surface area contributed by atoms with Crippen molar-refractivity contribution in [2.45, 2.75) is 39.7 Å². The number of benzene rings is 1. The molecule has 0 saturated heterocycles. The van der Waals surface area contributed by atoms with Crippen LogP contribution < -0.4 is 5.32 Å². The van der Waals surface area contributed by atoms with E-state index in [-0.39, 0.29) is 25.0 Å². The standard InChI is InChI=1S/C17H26N2O3/c1-12(2)11-15(14-8-6-5-7-13(14)3)18-17(22)19(4)10-9-16(20)21/h5-8,12,15H,9-11H2,1-4H3,(H,18,22)(H,20,21). The van der Waals surface area contributed by atoms with E-state index in [1.54, 1.807) is 7.05 Å². The fraction of sp³-hybridized carbons (Fsp3) is 0.529. The van der Waals surface area contributed by atoms with Gasteiger partial charge in [0.2, 0.25) is 0 Å². The van der Waals surface area contributed by atoms with Crippen LogP contribution in [0, 0.1) is 12.8 Å². The molecule has 2 N–H and O–H groups in total. The van der Waals surface area contributed by atoms with E-state index in [4.69, 9.17) is 5.11 Å². The van der Waals surface area contributed by atoms with Crippen molar-refractivity contribution >= 4 is 12.0 Å². The lowest BCUT2D eigenvalue weighted by Crippen LogP contribution is -2.40. The summed E-state index contributed by atoms with van der Waals surface area (Å²) in [5, 5.41) is 11.7. The number of amides is 2. The van der Waals surface area contributed by atoms with Crippen LogP contribution in [0.25, 0.3) is 0 Å². The van der Waals surface area contributed by atoms with E-state index in [0.717, 1.165) is 17.5 Å². The second-order valence-electron chi connectivity index (χ2n) is 6.05. The maximum absolute atomic E-state index is 12.3. The van der Waals surface area contributed by atoms with Crippen molar-refractivity contribution in [3.05, 3.63) is 35.4 Å². The van der Waals surface area contributed by atoms with Crippen LogP contribution in [0.4, 0.5) is 4.79 Å². The normalized spacial score (nSPS) is 12.0. The summed E-state index contributed by atoms with van der Waals surface area (Å²) in [5.74, 6) is -0.466. The smallest absolute Gasteiger partial charge is 0.317 e. The first-order valence-electron chi connectivity index (χ1n) is 7.60. The summed E-state index contributed by atoms with van der Waals surface area (Å²) in [6, 6.07) is 7.70. The zero-order chi connectivity index (χ0) is 16.7. The highest BCUT2D eigenvalue weighted by atomic mass is 16.4. The van der Waals surface area contributed by atoms with Crippen molar-refractivity contribution in [1.29, 1.82) is 0 Å². The molecule has 22 heavy (non-hydrogen) atoms. The van der Waals surface area contributed by atoms with Crippen LogP contribution in [0.2, 0.25) is 0 Å². The van der Waals surface area contributed by atoms with E-state index in [9.17, 15) is 9.59 Å². The van der Waals surface area contributed by atoms with Gasteiger partial charge in [-0.2, -0.15) is 0 Å². The van der Waals surface area contributed by atoms with Crippen molar-refractivity contribution < 1.29 is 14.7 Å². The molecule has 0 saturated carbocycles. The molecule has 0 heterocycles. The predicted molar refractivity (Wildman–Crippen MR) is 86.8 cm³/mol. The van der Waals surface area contributed by atoms with Gasteiger partial charge < -0.3 is 15.3 Å². The maximum Gasteiger partial charge on any atom is 0.317 e. The molecule has 1 atom stereocenters. The van der Waals surface area contributed by atoms with Crippen molar-refractivity contribution in [2.24, 2.45) is 5.92 Å². The lowest BCUT2D eigenvalue weighted by molar-refractivity contribution is -0.137. The Morgan fingerprint density at radius 2 is 1.91 bits per heavy atom. The van der Waals surface area contributed by atoms with Crippen molar-refractivity contribution in [3.63, 3.8) is 0 Å². The van der Waals surface area contributed by atoms with Gasteiger partial charge >= 0.3 is 12.0 Å². The quantitative estimate of drug-likeness (QED) is 0.812. The highest BCUT2D eigenvalue weighted by Gasteiger charge is 2.19. The minimum Gasteiger partial charge on any atom is -0.481 e. The average Bonchev–Trinajstić information content (AvgIpc) is 2.43. The van der Waals surface area contributed by atoms with Crippen molar-refractivity contribution in [1.82, 2.24) is 10.2 Å².